The summed E-state index contributed by atoms with van der Waals surface area (Å²) >= 11 is 0. The largest absolute Gasteiger partial charge is 0.497 e. The number of carbonyl (C=O) groups is 2. The molecule has 0 aliphatic heterocycles. The van der Waals surface area contributed by atoms with Gasteiger partial charge < -0.3 is 29.0 Å². The fourth-order valence-electron chi connectivity index (χ4n) is 2.82. The number of amides is 1. The maximum atomic E-state index is 12.7. The van der Waals surface area contributed by atoms with Crippen LogP contribution in [0.3, 0.4) is 0 Å². The topological polar surface area (TPSA) is 92.3 Å². The van der Waals surface area contributed by atoms with Gasteiger partial charge in [0.2, 0.25) is 0 Å². The molecule has 2 rings (SSSR count). The molecule has 0 fully saturated rings. The van der Waals surface area contributed by atoms with E-state index in [4.69, 9.17) is 23.7 Å². The van der Waals surface area contributed by atoms with Crippen molar-refractivity contribution in [2.75, 3.05) is 33.8 Å². The van der Waals surface area contributed by atoms with Crippen molar-refractivity contribution in [3.63, 3.8) is 0 Å². The molecule has 2 aromatic carbocycles. The molecule has 0 spiro atoms. The van der Waals surface area contributed by atoms with E-state index in [1.807, 2.05) is 13.0 Å². The zero-order valence-corrected chi connectivity index (χ0v) is 18.5. The van der Waals surface area contributed by atoms with E-state index in [2.05, 4.69) is 5.32 Å². The number of nitrogens with one attached hydrogen (secondary N) is 1. The van der Waals surface area contributed by atoms with Gasteiger partial charge in [-0.1, -0.05) is 12.2 Å². The minimum absolute atomic E-state index is 0.230. The second-order valence-corrected chi connectivity index (χ2v) is 6.44. The van der Waals surface area contributed by atoms with Gasteiger partial charge in [0, 0.05) is 29.4 Å². The van der Waals surface area contributed by atoms with Gasteiger partial charge in [-0.2, -0.15) is 0 Å². The zero-order valence-electron chi connectivity index (χ0n) is 18.5. The molecule has 0 heterocycles. The highest BCUT2D eigenvalue weighted by Crippen LogP contribution is 2.34. The Morgan fingerprint density at radius 2 is 1.55 bits per heavy atom. The summed E-state index contributed by atoms with van der Waals surface area (Å²) in [4.78, 5) is 25.2. The van der Waals surface area contributed by atoms with E-state index < -0.39 is 18.0 Å². The van der Waals surface area contributed by atoms with Crippen LogP contribution in [0.25, 0.3) is 6.08 Å². The molecule has 8 nitrogen and oxygen atoms in total. The van der Waals surface area contributed by atoms with Crippen molar-refractivity contribution >= 4 is 23.6 Å². The molecule has 31 heavy (non-hydrogen) atoms. The number of hydrogen-bond donors (Lipinski definition) is 1. The van der Waals surface area contributed by atoms with Gasteiger partial charge in [0.15, 0.2) is 17.6 Å². The van der Waals surface area contributed by atoms with Gasteiger partial charge in [0.1, 0.15) is 11.5 Å². The number of allylic oxidation sites excluding steroid dienone is 1. The first-order valence-electron chi connectivity index (χ1n) is 9.50. The third kappa shape index (κ3) is 5.91. The van der Waals surface area contributed by atoms with Gasteiger partial charge in [-0.05, 0) is 26.0 Å². The van der Waals surface area contributed by atoms with E-state index in [0.717, 1.165) is 0 Å². The molecular formula is C23H27NO7. The summed E-state index contributed by atoms with van der Waals surface area (Å²) < 4.78 is 26.4. The molecule has 0 aliphatic carbocycles. The molecule has 0 bridgehead atoms. The quantitative estimate of drug-likeness (QED) is 0.604. The van der Waals surface area contributed by atoms with Crippen LogP contribution in [0.15, 0.2) is 36.4 Å². The number of carbonyl (C=O) groups excluding carboxylic acids is 2. The minimum Gasteiger partial charge on any atom is -0.497 e. The van der Waals surface area contributed by atoms with Crippen LogP contribution in [0.1, 0.15) is 29.8 Å². The first kappa shape index (κ1) is 23.6. The Morgan fingerprint density at radius 3 is 2.06 bits per heavy atom. The molecule has 0 saturated heterocycles. The normalized spacial score (nSPS) is 11.5. The van der Waals surface area contributed by atoms with Gasteiger partial charge in [0.25, 0.3) is 5.91 Å². The second-order valence-electron chi connectivity index (χ2n) is 6.44. The van der Waals surface area contributed by atoms with Crippen LogP contribution < -0.4 is 24.3 Å². The summed E-state index contributed by atoms with van der Waals surface area (Å²) in [5.41, 5.74) is 1.33. The van der Waals surface area contributed by atoms with Crippen LogP contribution in [0.2, 0.25) is 0 Å². The van der Waals surface area contributed by atoms with Gasteiger partial charge in [-0.15, -0.1) is 0 Å². The molecule has 0 saturated carbocycles. The van der Waals surface area contributed by atoms with Gasteiger partial charge in [-0.3, -0.25) is 4.79 Å². The van der Waals surface area contributed by atoms with E-state index in [0.29, 0.717) is 34.2 Å². The van der Waals surface area contributed by atoms with E-state index in [9.17, 15) is 9.59 Å². The fourth-order valence-corrected chi connectivity index (χ4v) is 2.82. The highest BCUT2D eigenvalue weighted by Gasteiger charge is 2.22. The van der Waals surface area contributed by atoms with Crippen molar-refractivity contribution in [3.8, 4) is 23.0 Å². The molecule has 1 amide bonds. The lowest BCUT2D eigenvalue weighted by Crippen LogP contribution is -2.30. The summed E-state index contributed by atoms with van der Waals surface area (Å²) in [7, 11) is 6.01. The molecule has 1 atom stereocenters. The SMILES string of the molecule is C/C=C/c1cc(C(=O)OC(C)C(=O)Nc2cc(OC)cc(OC)c2)cc(OC)c1OC. The van der Waals surface area contributed by atoms with Gasteiger partial charge in [0.05, 0.1) is 34.0 Å². The summed E-state index contributed by atoms with van der Waals surface area (Å²) in [5.74, 6) is 0.734. The van der Waals surface area contributed by atoms with Gasteiger partial charge in [-0.25, -0.2) is 4.79 Å². The molecule has 166 valence electrons. The first-order chi connectivity index (χ1) is 14.9. The van der Waals surface area contributed by atoms with Crippen molar-refractivity contribution in [2.24, 2.45) is 0 Å². The monoisotopic (exact) mass is 429 g/mol. The maximum absolute atomic E-state index is 12.7. The van der Waals surface area contributed by atoms with Crippen molar-refractivity contribution in [1.29, 1.82) is 0 Å². The molecule has 1 unspecified atom stereocenters. The Hall–Kier alpha value is -3.68. The number of benzene rings is 2. The molecule has 1 N–H and O–H groups in total. The Balaban J connectivity index is 2.18. The molecule has 2 aromatic rings. The number of methoxy groups -OCH3 is 4. The van der Waals surface area contributed by atoms with E-state index in [-0.39, 0.29) is 5.56 Å². The smallest absolute Gasteiger partial charge is 0.339 e. The lowest BCUT2D eigenvalue weighted by Gasteiger charge is -2.16. The van der Waals surface area contributed by atoms with Crippen LogP contribution in [0.5, 0.6) is 23.0 Å². The third-order valence-corrected chi connectivity index (χ3v) is 4.36. The van der Waals surface area contributed by atoms with Crippen LogP contribution in [-0.4, -0.2) is 46.4 Å². The van der Waals surface area contributed by atoms with E-state index in [1.54, 1.807) is 30.3 Å². The Labute approximate surface area is 181 Å². The lowest BCUT2D eigenvalue weighted by molar-refractivity contribution is -0.123. The van der Waals surface area contributed by atoms with Crippen LogP contribution >= 0.6 is 0 Å². The molecule has 0 radical (unpaired) electrons. The summed E-state index contributed by atoms with van der Waals surface area (Å²) in [5, 5.41) is 2.69. The van der Waals surface area contributed by atoms with Gasteiger partial charge >= 0.3 is 5.97 Å². The standard InChI is InChI=1S/C23H27NO7/c1-7-8-15-9-16(10-20(29-5)21(15)30-6)23(26)31-14(2)22(25)24-17-11-18(27-3)13-19(12-17)28-4/h7-14H,1-6H3,(H,24,25)/b8-7+. The fraction of sp³-hybridized carbons (Fsp3) is 0.304. The predicted octanol–water partition coefficient (Wildman–Crippen LogP) is 3.94. The molecule has 0 aromatic heterocycles. The first-order valence-corrected chi connectivity index (χ1v) is 9.50. The number of esters is 1. The average molecular weight is 429 g/mol. The lowest BCUT2D eigenvalue weighted by atomic mass is 10.1. The Kier molecular flexibility index (Phi) is 8.31. The summed E-state index contributed by atoms with van der Waals surface area (Å²) in [6.45, 7) is 3.33. The minimum atomic E-state index is -1.05. The number of ether oxygens (including phenoxy) is 5. The Morgan fingerprint density at radius 1 is 0.903 bits per heavy atom. The number of hydrogen-bond acceptors (Lipinski definition) is 7. The van der Waals surface area contributed by atoms with Crippen LogP contribution in [0, 0.1) is 0 Å². The third-order valence-electron chi connectivity index (χ3n) is 4.36. The number of anilines is 1. The summed E-state index contributed by atoms with van der Waals surface area (Å²) in [6, 6.07) is 8.06. The van der Waals surface area contributed by atoms with Crippen molar-refractivity contribution < 1.29 is 33.3 Å². The predicted molar refractivity (Wildman–Crippen MR) is 117 cm³/mol. The van der Waals surface area contributed by atoms with E-state index >= 15 is 0 Å². The van der Waals surface area contributed by atoms with Crippen molar-refractivity contribution in [1.82, 2.24) is 0 Å². The van der Waals surface area contributed by atoms with Crippen LogP contribution in [0.4, 0.5) is 5.69 Å². The molecule has 0 aliphatic rings. The number of rotatable bonds is 9. The molecule has 8 heteroatoms. The molecular weight excluding hydrogens is 402 g/mol. The zero-order chi connectivity index (χ0) is 23.0. The van der Waals surface area contributed by atoms with E-state index in [1.165, 1.54) is 41.4 Å². The second kappa shape index (κ2) is 10.9. The maximum Gasteiger partial charge on any atom is 0.339 e. The van der Waals surface area contributed by atoms with Crippen molar-refractivity contribution in [3.05, 3.63) is 47.5 Å². The highest BCUT2D eigenvalue weighted by molar-refractivity contribution is 5.98. The highest BCUT2D eigenvalue weighted by atomic mass is 16.5. The average Bonchev–Trinajstić information content (AvgIpc) is 2.78. The Bertz CT molecular complexity index is 946. The van der Waals surface area contributed by atoms with Crippen LogP contribution in [-0.2, 0) is 9.53 Å². The van der Waals surface area contributed by atoms with Crippen molar-refractivity contribution in [2.45, 2.75) is 20.0 Å². The summed E-state index contributed by atoms with van der Waals surface area (Å²) in [6.07, 6.45) is 2.54.